The first-order chi connectivity index (χ1) is 15.3. The molecule has 32 heavy (non-hydrogen) atoms. The molecule has 0 N–H and O–H groups in total. The molecule has 0 amide bonds. The zero-order valence-corrected chi connectivity index (χ0v) is 20.9. The van der Waals surface area contributed by atoms with Crippen molar-refractivity contribution in [2.24, 2.45) is 11.8 Å². The van der Waals surface area contributed by atoms with Gasteiger partial charge in [0.2, 0.25) is 0 Å². The fourth-order valence-corrected chi connectivity index (χ4v) is 3.00. The Hall–Kier alpha value is -3.05. The molecule has 2 aromatic rings. The van der Waals surface area contributed by atoms with Crippen molar-refractivity contribution in [2.45, 2.75) is 61.3 Å². The SMILES string of the molecule is C=C(Oc1ccc(-c2ccc(C#N)cc2)cc1)/C(C)=C/C=C(\C)C(C)CCC(C)C.CC. The van der Waals surface area contributed by atoms with E-state index < -0.39 is 0 Å². The summed E-state index contributed by atoms with van der Waals surface area (Å²) in [6.45, 7) is 19.1. The van der Waals surface area contributed by atoms with Crippen LogP contribution in [-0.2, 0) is 0 Å². The van der Waals surface area contributed by atoms with E-state index in [1.807, 2.05) is 69.3 Å². The van der Waals surface area contributed by atoms with Crippen LogP contribution in [0.1, 0.15) is 66.9 Å². The first kappa shape index (κ1) is 27.0. The maximum atomic E-state index is 8.92. The van der Waals surface area contributed by atoms with Gasteiger partial charge < -0.3 is 4.74 Å². The summed E-state index contributed by atoms with van der Waals surface area (Å²) in [4.78, 5) is 0. The molecule has 0 aromatic heterocycles. The van der Waals surface area contributed by atoms with Crippen LogP contribution in [0.2, 0.25) is 0 Å². The van der Waals surface area contributed by atoms with Crippen molar-refractivity contribution in [1.82, 2.24) is 0 Å². The molecule has 0 saturated carbocycles. The van der Waals surface area contributed by atoms with Gasteiger partial charge in [0.05, 0.1) is 11.6 Å². The molecule has 2 aromatic carbocycles. The Morgan fingerprint density at radius 2 is 1.44 bits per heavy atom. The summed E-state index contributed by atoms with van der Waals surface area (Å²) in [5.41, 5.74) is 5.22. The summed E-state index contributed by atoms with van der Waals surface area (Å²) in [6, 6.07) is 17.6. The first-order valence-electron chi connectivity index (χ1n) is 11.6. The van der Waals surface area contributed by atoms with Gasteiger partial charge in [0.1, 0.15) is 11.5 Å². The van der Waals surface area contributed by atoms with Crippen LogP contribution in [-0.4, -0.2) is 0 Å². The second kappa shape index (κ2) is 14.1. The summed E-state index contributed by atoms with van der Waals surface area (Å²) in [6.07, 6.45) is 6.75. The van der Waals surface area contributed by atoms with Crippen molar-refractivity contribution in [3.63, 3.8) is 0 Å². The molecule has 1 atom stereocenters. The Bertz CT molecular complexity index is 938. The van der Waals surface area contributed by atoms with E-state index in [1.165, 1.54) is 18.4 Å². The Morgan fingerprint density at radius 1 is 0.906 bits per heavy atom. The zero-order valence-electron chi connectivity index (χ0n) is 20.9. The lowest BCUT2D eigenvalue weighted by Crippen LogP contribution is -1.99. The van der Waals surface area contributed by atoms with Crippen LogP contribution in [0.3, 0.4) is 0 Å². The summed E-state index contributed by atoms with van der Waals surface area (Å²) < 4.78 is 5.94. The van der Waals surface area contributed by atoms with Gasteiger partial charge in [-0.1, -0.05) is 89.6 Å². The number of hydrogen-bond donors (Lipinski definition) is 0. The van der Waals surface area contributed by atoms with Crippen LogP contribution in [0.25, 0.3) is 11.1 Å². The number of allylic oxidation sites excluding steroid dienone is 4. The zero-order chi connectivity index (χ0) is 24.1. The van der Waals surface area contributed by atoms with Gasteiger partial charge in [-0.05, 0) is 73.1 Å². The summed E-state index contributed by atoms with van der Waals surface area (Å²) in [5.74, 6) is 2.74. The number of nitrogens with zero attached hydrogens (tertiary/aromatic N) is 1. The average Bonchev–Trinajstić information content (AvgIpc) is 2.82. The van der Waals surface area contributed by atoms with Crippen LogP contribution in [0.4, 0.5) is 0 Å². The summed E-state index contributed by atoms with van der Waals surface area (Å²) in [5, 5.41) is 8.92. The number of hydrogen-bond acceptors (Lipinski definition) is 2. The molecule has 0 aliphatic heterocycles. The molecule has 1 unspecified atom stereocenters. The highest BCUT2D eigenvalue weighted by Crippen LogP contribution is 2.25. The van der Waals surface area contributed by atoms with E-state index in [9.17, 15) is 0 Å². The second-order valence-corrected chi connectivity index (χ2v) is 8.37. The van der Waals surface area contributed by atoms with E-state index in [1.54, 1.807) is 0 Å². The topological polar surface area (TPSA) is 33.0 Å². The van der Waals surface area contributed by atoms with Gasteiger partial charge in [-0.15, -0.1) is 0 Å². The van der Waals surface area contributed by atoms with E-state index in [0.29, 0.717) is 17.2 Å². The fraction of sp³-hybridized carbons (Fsp3) is 0.367. The van der Waals surface area contributed by atoms with Gasteiger partial charge in [-0.25, -0.2) is 0 Å². The standard InChI is InChI=1S/C28H33NO.C2H6/c1-20(2)7-8-21(3)22(4)9-10-23(5)24(6)30-28-17-15-27(16-18-28)26-13-11-25(19-29)12-14-26;1-2/h9-18,20-21H,6-8H2,1-5H3;1-2H3/b22-9+,23-10+;. The highest BCUT2D eigenvalue weighted by atomic mass is 16.5. The molecule has 0 bridgehead atoms. The van der Waals surface area contributed by atoms with Crippen molar-refractivity contribution in [2.75, 3.05) is 0 Å². The predicted octanol–water partition coefficient (Wildman–Crippen LogP) is 9.11. The molecule has 0 heterocycles. The van der Waals surface area contributed by atoms with E-state index >= 15 is 0 Å². The lowest BCUT2D eigenvalue weighted by Gasteiger charge is -2.13. The molecule has 2 heteroatoms. The molecule has 0 saturated heterocycles. The maximum absolute atomic E-state index is 8.92. The molecule has 0 aliphatic rings. The van der Waals surface area contributed by atoms with E-state index in [2.05, 4.69) is 52.5 Å². The lowest BCUT2D eigenvalue weighted by atomic mass is 9.93. The van der Waals surface area contributed by atoms with Gasteiger partial charge in [-0.3, -0.25) is 0 Å². The predicted molar refractivity (Wildman–Crippen MR) is 138 cm³/mol. The lowest BCUT2D eigenvalue weighted by molar-refractivity contribution is 0.439. The normalized spacial score (nSPS) is 12.5. The van der Waals surface area contributed by atoms with E-state index in [-0.39, 0.29) is 0 Å². The van der Waals surface area contributed by atoms with Gasteiger partial charge in [0.25, 0.3) is 0 Å². The highest BCUT2D eigenvalue weighted by molar-refractivity contribution is 5.65. The monoisotopic (exact) mass is 429 g/mol. The van der Waals surface area contributed by atoms with Crippen molar-refractivity contribution < 1.29 is 4.74 Å². The third-order valence-electron chi connectivity index (χ3n) is 5.43. The van der Waals surface area contributed by atoms with Crippen LogP contribution in [0, 0.1) is 23.2 Å². The first-order valence-corrected chi connectivity index (χ1v) is 11.6. The Balaban J connectivity index is 0.00000249. The number of nitriles is 1. The molecular weight excluding hydrogens is 390 g/mol. The minimum absolute atomic E-state index is 0.584. The third-order valence-corrected chi connectivity index (χ3v) is 5.43. The second-order valence-electron chi connectivity index (χ2n) is 8.37. The molecule has 0 radical (unpaired) electrons. The molecule has 0 fully saturated rings. The molecule has 2 rings (SSSR count). The molecule has 0 spiro atoms. The minimum atomic E-state index is 0.584. The highest BCUT2D eigenvalue weighted by Gasteiger charge is 2.06. The van der Waals surface area contributed by atoms with Crippen molar-refractivity contribution in [3.8, 4) is 22.9 Å². The Labute approximate surface area is 196 Å². The summed E-state index contributed by atoms with van der Waals surface area (Å²) >= 11 is 0. The van der Waals surface area contributed by atoms with Gasteiger partial charge in [-0.2, -0.15) is 5.26 Å². The smallest absolute Gasteiger partial charge is 0.127 e. The quantitative estimate of drug-likeness (QED) is 0.294. The Morgan fingerprint density at radius 3 is 1.94 bits per heavy atom. The molecular formula is C30H39NO. The van der Waals surface area contributed by atoms with Crippen LogP contribution in [0.15, 0.2) is 84.2 Å². The van der Waals surface area contributed by atoms with Gasteiger partial charge >= 0.3 is 0 Å². The molecule has 2 nitrogen and oxygen atoms in total. The van der Waals surface area contributed by atoms with Crippen LogP contribution >= 0.6 is 0 Å². The maximum Gasteiger partial charge on any atom is 0.127 e. The average molecular weight is 430 g/mol. The van der Waals surface area contributed by atoms with Crippen LogP contribution in [0.5, 0.6) is 5.75 Å². The minimum Gasteiger partial charge on any atom is -0.458 e. The van der Waals surface area contributed by atoms with Crippen molar-refractivity contribution in [1.29, 1.82) is 5.26 Å². The van der Waals surface area contributed by atoms with Gasteiger partial charge in [0.15, 0.2) is 0 Å². The molecule has 0 aliphatic carbocycles. The summed E-state index contributed by atoms with van der Waals surface area (Å²) in [7, 11) is 0. The number of ether oxygens (including phenoxy) is 1. The van der Waals surface area contributed by atoms with Crippen molar-refractivity contribution in [3.05, 3.63) is 89.7 Å². The molecule has 170 valence electrons. The fourth-order valence-electron chi connectivity index (χ4n) is 3.00. The number of benzene rings is 2. The van der Waals surface area contributed by atoms with Crippen molar-refractivity contribution >= 4 is 0 Å². The Kier molecular flexibility index (Phi) is 11.9. The van der Waals surface area contributed by atoms with E-state index in [0.717, 1.165) is 28.4 Å². The third kappa shape index (κ3) is 8.98. The van der Waals surface area contributed by atoms with Gasteiger partial charge in [0, 0.05) is 0 Å². The van der Waals surface area contributed by atoms with Crippen LogP contribution < -0.4 is 4.74 Å². The largest absolute Gasteiger partial charge is 0.458 e. The number of rotatable bonds is 9. The van der Waals surface area contributed by atoms with E-state index in [4.69, 9.17) is 10.00 Å².